The topological polar surface area (TPSA) is 55.6 Å². The van der Waals surface area contributed by atoms with E-state index in [1.807, 2.05) is 32.0 Å². The predicted molar refractivity (Wildman–Crippen MR) is 77.3 cm³/mol. The normalized spacial score (nSPS) is 10.3. The Bertz CT molecular complexity index is 419. The van der Waals surface area contributed by atoms with Crippen molar-refractivity contribution in [1.29, 1.82) is 0 Å². The molecule has 0 aliphatic carbocycles. The first kappa shape index (κ1) is 15.5. The van der Waals surface area contributed by atoms with E-state index in [1.54, 1.807) is 11.9 Å². The van der Waals surface area contributed by atoms with Crippen molar-refractivity contribution in [3.63, 3.8) is 0 Å². The number of aryl methyl sites for hydroxylation is 2. The summed E-state index contributed by atoms with van der Waals surface area (Å²) in [5, 5.41) is 0. The van der Waals surface area contributed by atoms with Gasteiger partial charge in [0.25, 0.3) is 0 Å². The monoisotopic (exact) mass is 264 g/mol. The average Bonchev–Trinajstić information content (AvgIpc) is 2.39. The number of benzene rings is 1. The highest BCUT2D eigenvalue weighted by Gasteiger charge is 2.08. The van der Waals surface area contributed by atoms with E-state index in [4.69, 9.17) is 10.5 Å². The van der Waals surface area contributed by atoms with Crippen molar-refractivity contribution in [2.45, 2.75) is 26.7 Å². The lowest BCUT2D eigenvalue weighted by molar-refractivity contribution is -0.130. The number of nitrogens with zero attached hydrogens (tertiary/aromatic N) is 1. The fourth-order valence-electron chi connectivity index (χ4n) is 1.76. The molecule has 106 valence electrons. The first-order chi connectivity index (χ1) is 9.04. The van der Waals surface area contributed by atoms with Gasteiger partial charge in [0.15, 0.2) is 0 Å². The lowest BCUT2D eigenvalue weighted by Gasteiger charge is -2.17. The molecule has 4 nitrogen and oxygen atoms in total. The molecule has 2 N–H and O–H groups in total. The van der Waals surface area contributed by atoms with E-state index < -0.39 is 0 Å². The van der Waals surface area contributed by atoms with Crippen LogP contribution in [0, 0.1) is 13.8 Å². The third-order valence-corrected chi connectivity index (χ3v) is 3.04. The van der Waals surface area contributed by atoms with Gasteiger partial charge >= 0.3 is 0 Å². The SMILES string of the molecule is Cc1ccc(C)c(OCCC(=O)N(C)CCCN)c1. The number of nitrogens with two attached hydrogens (primary N) is 1. The standard InChI is InChI=1S/C15H24N2O2/c1-12-5-6-13(2)14(11-12)19-10-7-15(18)17(3)9-4-8-16/h5-6,11H,4,7-10,16H2,1-3H3. The second kappa shape index (κ2) is 7.79. The Kier molecular flexibility index (Phi) is 6.36. The van der Waals surface area contributed by atoms with Crippen molar-refractivity contribution < 1.29 is 9.53 Å². The van der Waals surface area contributed by atoms with E-state index in [9.17, 15) is 4.79 Å². The zero-order valence-electron chi connectivity index (χ0n) is 12.1. The molecule has 19 heavy (non-hydrogen) atoms. The molecular weight excluding hydrogens is 240 g/mol. The first-order valence-electron chi connectivity index (χ1n) is 6.68. The highest BCUT2D eigenvalue weighted by molar-refractivity contribution is 5.75. The Labute approximate surface area is 115 Å². The van der Waals surface area contributed by atoms with Gasteiger partial charge in [-0.3, -0.25) is 4.79 Å². The molecule has 1 aromatic carbocycles. The minimum atomic E-state index is 0.0961. The largest absolute Gasteiger partial charge is 0.493 e. The Morgan fingerprint density at radius 2 is 2.11 bits per heavy atom. The van der Waals surface area contributed by atoms with Crippen LogP contribution in [0.25, 0.3) is 0 Å². The van der Waals surface area contributed by atoms with Crippen molar-refractivity contribution in [3.05, 3.63) is 29.3 Å². The van der Waals surface area contributed by atoms with Crippen molar-refractivity contribution in [2.75, 3.05) is 26.7 Å². The van der Waals surface area contributed by atoms with E-state index in [1.165, 1.54) is 0 Å². The van der Waals surface area contributed by atoms with Crippen LogP contribution in [0.15, 0.2) is 18.2 Å². The number of rotatable bonds is 7. The lowest BCUT2D eigenvalue weighted by atomic mass is 10.1. The zero-order valence-corrected chi connectivity index (χ0v) is 12.1. The average molecular weight is 264 g/mol. The summed E-state index contributed by atoms with van der Waals surface area (Å²) in [4.78, 5) is 13.5. The minimum absolute atomic E-state index is 0.0961. The summed E-state index contributed by atoms with van der Waals surface area (Å²) in [6, 6.07) is 6.08. The Balaban J connectivity index is 2.37. The van der Waals surface area contributed by atoms with Crippen LogP contribution in [0.3, 0.4) is 0 Å². The summed E-state index contributed by atoms with van der Waals surface area (Å²) in [6.07, 6.45) is 1.23. The number of amides is 1. The van der Waals surface area contributed by atoms with Gasteiger partial charge in [0.2, 0.25) is 5.91 Å². The summed E-state index contributed by atoms with van der Waals surface area (Å²) >= 11 is 0. The quantitative estimate of drug-likeness (QED) is 0.818. The minimum Gasteiger partial charge on any atom is -0.493 e. The number of carbonyl (C=O) groups is 1. The van der Waals surface area contributed by atoms with Crippen molar-refractivity contribution in [3.8, 4) is 5.75 Å². The Morgan fingerprint density at radius 3 is 2.79 bits per heavy atom. The molecule has 0 fully saturated rings. The predicted octanol–water partition coefficient (Wildman–Crippen LogP) is 1.88. The third kappa shape index (κ3) is 5.30. The number of ether oxygens (including phenoxy) is 1. The Morgan fingerprint density at radius 1 is 1.37 bits per heavy atom. The van der Waals surface area contributed by atoms with Crippen LogP contribution in [-0.2, 0) is 4.79 Å². The second-order valence-corrected chi connectivity index (χ2v) is 4.82. The van der Waals surface area contributed by atoms with Crippen molar-refractivity contribution >= 4 is 5.91 Å². The summed E-state index contributed by atoms with van der Waals surface area (Å²) in [6.45, 7) is 5.76. The molecular formula is C15H24N2O2. The number of carbonyl (C=O) groups excluding carboxylic acids is 1. The van der Waals surface area contributed by atoms with Crippen LogP contribution in [0.4, 0.5) is 0 Å². The highest BCUT2D eigenvalue weighted by Crippen LogP contribution is 2.19. The number of hydrogen-bond acceptors (Lipinski definition) is 3. The van der Waals surface area contributed by atoms with Crippen LogP contribution < -0.4 is 10.5 Å². The smallest absolute Gasteiger partial charge is 0.225 e. The summed E-state index contributed by atoms with van der Waals surface area (Å²) < 4.78 is 5.67. The molecule has 0 aliphatic heterocycles. The molecule has 1 aromatic rings. The molecule has 1 amide bonds. The molecule has 0 atom stereocenters. The maximum Gasteiger partial charge on any atom is 0.225 e. The summed E-state index contributed by atoms with van der Waals surface area (Å²) in [5.74, 6) is 0.955. The maximum atomic E-state index is 11.8. The van der Waals surface area contributed by atoms with Gasteiger partial charge in [-0.2, -0.15) is 0 Å². The molecule has 0 spiro atoms. The van der Waals surface area contributed by atoms with Gasteiger partial charge in [-0.15, -0.1) is 0 Å². The van der Waals surface area contributed by atoms with Crippen molar-refractivity contribution in [2.24, 2.45) is 5.73 Å². The third-order valence-electron chi connectivity index (χ3n) is 3.04. The molecule has 1 rings (SSSR count). The van der Waals surface area contributed by atoms with Gasteiger partial charge in [-0.1, -0.05) is 12.1 Å². The van der Waals surface area contributed by atoms with Gasteiger partial charge < -0.3 is 15.4 Å². The lowest BCUT2D eigenvalue weighted by Crippen LogP contribution is -2.30. The molecule has 0 saturated heterocycles. The zero-order chi connectivity index (χ0) is 14.3. The molecule has 4 heteroatoms. The van der Waals surface area contributed by atoms with Gasteiger partial charge in [0.05, 0.1) is 13.0 Å². The molecule has 0 radical (unpaired) electrons. The summed E-state index contributed by atoms with van der Waals surface area (Å²) in [5.41, 5.74) is 7.67. The first-order valence-corrected chi connectivity index (χ1v) is 6.68. The maximum absolute atomic E-state index is 11.8. The van der Waals surface area contributed by atoms with Gasteiger partial charge in [0.1, 0.15) is 5.75 Å². The van der Waals surface area contributed by atoms with Crippen LogP contribution in [-0.4, -0.2) is 37.6 Å². The van der Waals surface area contributed by atoms with Gasteiger partial charge in [-0.05, 0) is 44.0 Å². The van der Waals surface area contributed by atoms with E-state index >= 15 is 0 Å². The molecule has 0 aromatic heterocycles. The fourth-order valence-corrected chi connectivity index (χ4v) is 1.76. The second-order valence-electron chi connectivity index (χ2n) is 4.82. The van der Waals surface area contributed by atoms with Gasteiger partial charge in [-0.25, -0.2) is 0 Å². The van der Waals surface area contributed by atoms with Crippen LogP contribution >= 0.6 is 0 Å². The molecule has 0 bridgehead atoms. The van der Waals surface area contributed by atoms with Crippen LogP contribution in [0.2, 0.25) is 0 Å². The van der Waals surface area contributed by atoms with E-state index in [2.05, 4.69) is 0 Å². The molecule has 0 aliphatic rings. The van der Waals surface area contributed by atoms with E-state index in [0.29, 0.717) is 26.1 Å². The highest BCUT2D eigenvalue weighted by atomic mass is 16.5. The Hall–Kier alpha value is -1.55. The number of hydrogen-bond donors (Lipinski definition) is 1. The van der Waals surface area contributed by atoms with Gasteiger partial charge in [0, 0.05) is 13.6 Å². The molecule has 0 saturated carbocycles. The van der Waals surface area contributed by atoms with E-state index in [0.717, 1.165) is 23.3 Å². The summed E-state index contributed by atoms with van der Waals surface area (Å²) in [7, 11) is 1.80. The van der Waals surface area contributed by atoms with Crippen LogP contribution in [0.5, 0.6) is 5.75 Å². The molecule has 0 heterocycles. The van der Waals surface area contributed by atoms with Crippen LogP contribution in [0.1, 0.15) is 24.0 Å². The van der Waals surface area contributed by atoms with Crippen molar-refractivity contribution in [1.82, 2.24) is 4.90 Å². The molecule has 0 unspecified atom stereocenters. The van der Waals surface area contributed by atoms with E-state index in [-0.39, 0.29) is 5.91 Å². The fraction of sp³-hybridized carbons (Fsp3) is 0.533.